The van der Waals surface area contributed by atoms with E-state index in [9.17, 15) is 0 Å². The molecule has 0 aliphatic rings. The second-order valence-corrected chi connectivity index (χ2v) is 5.45. The zero-order valence-corrected chi connectivity index (χ0v) is 12.8. The van der Waals surface area contributed by atoms with Crippen LogP contribution in [0.3, 0.4) is 0 Å². The van der Waals surface area contributed by atoms with Crippen LogP contribution < -0.4 is 10.2 Å². The van der Waals surface area contributed by atoms with Crippen LogP contribution in [0.25, 0.3) is 0 Å². The molecule has 19 heavy (non-hydrogen) atoms. The maximum atomic E-state index is 5.20. The lowest BCUT2D eigenvalue weighted by Gasteiger charge is -2.26. The quantitative estimate of drug-likeness (QED) is 0.782. The van der Waals surface area contributed by atoms with Crippen LogP contribution in [0.1, 0.15) is 26.5 Å². The average molecular weight is 265 g/mol. The Balaban J connectivity index is 2.60. The molecule has 0 saturated heterocycles. The summed E-state index contributed by atoms with van der Waals surface area (Å²) in [7, 11) is 3.82. The first-order valence-electron chi connectivity index (χ1n) is 6.92. The number of likely N-dealkylation sites (N-methyl/N-ethyl adjacent to an activating group) is 1. The summed E-state index contributed by atoms with van der Waals surface area (Å²) in [5.41, 5.74) is 2.26. The summed E-state index contributed by atoms with van der Waals surface area (Å²) in [5, 5.41) is 3.42. The second kappa shape index (κ2) is 8.12. The first kappa shape index (κ1) is 15.9. The molecule has 4 nitrogen and oxygen atoms in total. The lowest BCUT2D eigenvalue weighted by atomic mass is 10.2. The number of anilines is 1. The molecular weight excluding hydrogens is 238 g/mol. The smallest absolute Gasteiger partial charge is 0.0663 e. The maximum Gasteiger partial charge on any atom is 0.0663 e. The Labute approximate surface area is 117 Å². The molecule has 0 spiro atoms. The first-order chi connectivity index (χ1) is 9.04. The molecule has 4 heteroatoms. The summed E-state index contributed by atoms with van der Waals surface area (Å²) >= 11 is 0. The van der Waals surface area contributed by atoms with Gasteiger partial charge in [0.25, 0.3) is 0 Å². The van der Waals surface area contributed by atoms with Crippen molar-refractivity contribution in [1.29, 1.82) is 0 Å². The molecule has 0 aromatic carbocycles. The van der Waals surface area contributed by atoms with E-state index in [1.54, 1.807) is 7.11 Å². The van der Waals surface area contributed by atoms with Crippen LogP contribution in [0.4, 0.5) is 5.69 Å². The van der Waals surface area contributed by atoms with Crippen LogP contribution in [-0.4, -0.2) is 38.3 Å². The predicted molar refractivity (Wildman–Crippen MR) is 80.5 cm³/mol. The molecular formula is C15H27N3O. The van der Waals surface area contributed by atoms with E-state index in [-0.39, 0.29) is 0 Å². The fourth-order valence-electron chi connectivity index (χ4n) is 1.88. The van der Waals surface area contributed by atoms with Gasteiger partial charge in [0.1, 0.15) is 0 Å². The Morgan fingerprint density at radius 1 is 1.37 bits per heavy atom. The van der Waals surface area contributed by atoms with Crippen molar-refractivity contribution >= 4 is 5.69 Å². The van der Waals surface area contributed by atoms with Crippen molar-refractivity contribution in [2.75, 3.05) is 32.2 Å². The molecule has 0 aliphatic heterocycles. The fraction of sp³-hybridized carbons (Fsp3) is 0.667. The lowest BCUT2D eigenvalue weighted by molar-refractivity contribution is 0.183. The van der Waals surface area contributed by atoms with Gasteiger partial charge in [0.15, 0.2) is 0 Å². The summed E-state index contributed by atoms with van der Waals surface area (Å²) in [4.78, 5) is 6.62. The molecule has 0 amide bonds. The van der Waals surface area contributed by atoms with Crippen molar-refractivity contribution in [2.45, 2.75) is 33.4 Å². The van der Waals surface area contributed by atoms with Crippen LogP contribution >= 0.6 is 0 Å². The van der Waals surface area contributed by atoms with Crippen LogP contribution in [0.5, 0.6) is 0 Å². The third-order valence-electron chi connectivity index (χ3n) is 3.14. The van der Waals surface area contributed by atoms with E-state index >= 15 is 0 Å². The molecule has 0 radical (unpaired) electrons. The largest absolute Gasteiger partial charge is 0.383 e. The third-order valence-corrected chi connectivity index (χ3v) is 3.14. The summed E-state index contributed by atoms with van der Waals surface area (Å²) in [6, 6.07) is 4.53. The monoisotopic (exact) mass is 265 g/mol. The van der Waals surface area contributed by atoms with E-state index in [1.165, 1.54) is 5.69 Å². The van der Waals surface area contributed by atoms with Crippen molar-refractivity contribution < 1.29 is 4.74 Å². The Hall–Kier alpha value is -1.13. The molecule has 1 heterocycles. The normalized spacial score (nSPS) is 12.7. The van der Waals surface area contributed by atoms with Gasteiger partial charge in [-0.3, -0.25) is 4.98 Å². The van der Waals surface area contributed by atoms with E-state index in [0.29, 0.717) is 12.0 Å². The topological polar surface area (TPSA) is 37.4 Å². The zero-order chi connectivity index (χ0) is 14.3. The number of methoxy groups -OCH3 is 1. The molecule has 0 fully saturated rings. The molecule has 0 aliphatic carbocycles. The minimum atomic E-state index is 0.351. The predicted octanol–water partition coefficient (Wildman–Crippen LogP) is 2.30. The Bertz CT molecular complexity index is 368. The van der Waals surface area contributed by atoms with Crippen molar-refractivity contribution in [2.24, 2.45) is 5.92 Å². The van der Waals surface area contributed by atoms with Gasteiger partial charge in [-0.1, -0.05) is 13.8 Å². The minimum Gasteiger partial charge on any atom is -0.383 e. The Morgan fingerprint density at radius 2 is 2.11 bits per heavy atom. The minimum absolute atomic E-state index is 0.351. The number of ether oxygens (including phenoxy) is 1. The molecule has 0 bridgehead atoms. The first-order valence-corrected chi connectivity index (χ1v) is 6.92. The molecule has 0 saturated carbocycles. The van der Waals surface area contributed by atoms with Gasteiger partial charge < -0.3 is 15.0 Å². The zero-order valence-electron chi connectivity index (χ0n) is 12.8. The highest BCUT2D eigenvalue weighted by molar-refractivity contribution is 5.46. The number of aromatic nitrogens is 1. The van der Waals surface area contributed by atoms with E-state index in [1.807, 2.05) is 12.3 Å². The Morgan fingerprint density at radius 3 is 2.74 bits per heavy atom. The van der Waals surface area contributed by atoms with Crippen LogP contribution in [0.15, 0.2) is 18.3 Å². The van der Waals surface area contributed by atoms with Crippen molar-refractivity contribution in [3.63, 3.8) is 0 Å². The second-order valence-electron chi connectivity index (χ2n) is 5.45. The van der Waals surface area contributed by atoms with Crippen LogP contribution in [0.2, 0.25) is 0 Å². The molecule has 108 valence electrons. The highest BCUT2D eigenvalue weighted by Crippen LogP contribution is 2.15. The summed E-state index contributed by atoms with van der Waals surface area (Å²) in [6.07, 6.45) is 1.87. The van der Waals surface area contributed by atoms with Gasteiger partial charge in [0, 0.05) is 38.6 Å². The molecule has 1 aromatic rings. The van der Waals surface area contributed by atoms with Gasteiger partial charge >= 0.3 is 0 Å². The van der Waals surface area contributed by atoms with Gasteiger partial charge in [0.2, 0.25) is 0 Å². The summed E-state index contributed by atoms with van der Waals surface area (Å²) < 4.78 is 5.20. The molecule has 1 aromatic heterocycles. The third kappa shape index (κ3) is 5.57. The van der Waals surface area contributed by atoms with Crippen LogP contribution in [0, 0.1) is 5.92 Å². The van der Waals surface area contributed by atoms with E-state index in [0.717, 1.165) is 25.4 Å². The highest BCUT2D eigenvalue weighted by atomic mass is 16.5. The average Bonchev–Trinajstić information content (AvgIpc) is 2.38. The summed E-state index contributed by atoms with van der Waals surface area (Å²) in [6.45, 7) is 9.12. The molecule has 1 unspecified atom stereocenters. The lowest BCUT2D eigenvalue weighted by Crippen LogP contribution is -2.32. The van der Waals surface area contributed by atoms with Crippen molar-refractivity contribution in [3.05, 3.63) is 24.0 Å². The van der Waals surface area contributed by atoms with Gasteiger partial charge in [-0.2, -0.15) is 0 Å². The fourth-order valence-corrected chi connectivity index (χ4v) is 1.88. The molecule has 1 N–H and O–H groups in total. The number of rotatable bonds is 8. The maximum absolute atomic E-state index is 5.20. The van der Waals surface area contributed by atoms with E-state index in [4.69, 9.17) is 4.74 Å². The molecule has 1 rings (SSSR count). The van der Waals surface area contributed by atoms with E-state index in [2.05, 4.69) is 49.1 Å². The van der Waals surface area contributed by atoms with Crippen molar-refractivity contribution in [3.8, 4) is 0 Å². The standard InChI is InChI=1S/C15H27N3O/c1-12(2)9-16-10-14-8-15(6-7-17-14)18(4)13(3)11-19-5/h6-8,12-13,16H,9-11H2,1-5H3. The number of pyridine rings is 1. The number of nitrogens with zero attached hydrogens (tertiary/aromatic N) is 2. The van der Waals surface area contributed by atoms with Crippen LogP contribution in [-0.2, 0) is 11.3 Å². The number of hydrogen-bond donors (Lipinski definition) is 1. The number of hydrogen-bond acceptors (Lipinski definition) is 4. The number of nitrogens with one attached hydrogen (secondary N) is 1. The summed E-state index contributed by atoms with van der Waals surface area (Å²) in [5.74, 6) is 0.660. The Kier molecular flexibility index (Phi) is 6.81. The van der Waals surface area contributed by atoms with Gasteiger partial charge in [0.05, 0.1) is 12.3 Å². The SMILES string of the molecule is COCC(C)N(C)c1ccnc(CNCC(C)C)c1. The van der Waals surface area contributed by atoms with Gasteiger partial charge in [-0.15, -0.1) is 0 Å². The van der Waals surface area contributed by atoms with Gasteiger partial charge in [-0.25, -0.2) is 0 Å². The van der Waals surface area contributed by atoms with Gasteiger partial charge in [-0.05, 0) is 31.5 Å². The highest BCUT2D eigenvalue weighted by Gasteiger charge is 2.10. The van der Waals surface area contributed by atoms with E-state index < -0.39 is 0 Å². The van der Waals surface area contributed by atoms with Crippen molar-refractivity contribution in [1.82, 2.24) is 10.3 Å². The molecule has 1 atom stereocenters.